The van der Waals surface area contributed by atoms with Crippen LogP contribution in [0.15, 0.2) is 0 Å². The predicted molar refractivity (Wildman–Crippen MR) is 70.5 cm³/mol. The quantitative estimate of drug-likeness (QED) is 0.372. The third-order valence-electron chi connectivity index (χ3n) is 3.25. The lowest BCUT2D eigenvalue weighted by atomic mass is 10.1. The second-order valence-electron chi connectivity index (χ2n) is 4.90. The van der Waals surface area contributed by atoms with Gasteiger partial charge in [-0.1, -0.05) is 25.7 Å². The third-order valence-corrected chi connectivity index (χ3v) is 3.25. The van der Waals surface area contributed by atoms with Gasteiger partial charge in [0.15, 0.2) is 0 Å². The summed E-state index contributed by atoms with van der Waals surface area (Å²) in [7, 11) is 0. The number of unbranched alkanes of at least 4 members (excludes halogenated alkanes) is 6. The molecular formula is C14H23NO4. The van der Waals surface area contributed by atoms with Gasteiger partial charge in [-0.2, -0.15) is 0 Å². The van der Waals surface area contributed by atoms with Crippen molar-refractivity contribution in [2.24, 2.45) is 0 Å². The van der Waals surface area contributed by atoms with E-state index in [1.807, 2.05) is 0 Å². The monoisotopic (exact) mass is 269 g/mol. The van der Waals surface area contributed by atoms with Crippen LogP contribution in [0.4, 0.5) is 0 Å². The van der Waals surface area contributed by atoms with E-state index in [9.17, 15) is 14.4 Å². The Morgan fingerprint density at radius 3 is 2.53 bits per heavy atom. The Balaban J connectivity index is 1.92. The Morgan fingerprint density at radius 1 is 1.21 bits per heavy atom. The highest BCUT2D eigenvalue weighted by atomic mass is 16.5. The van der Waals surface area contributed by atoms with Crippen molar-refractivity contribution in [3.8, 4) is 0 Å². The summed E-state index contributed by atoms with van der Waals surface area (Å²) >= 11 is 0. The molecule has 1 rings (SSSR count). The van der Waals surface area contributed by atoms with Crippen LogP contribution in [-0.4, -0.2) is 30.8 Å². The maximum Gasteiger partial charge on any atom is 0.328 e. The van der Waals surface area contributed by atoms with E-state index < -0.39 is 6.04 Å². The normalized spacial score (nSPS) is 18.1. The topological polar surface area (TPSA) is 72.5 Å². The maximum atomic E-state index is 11.6. The van der Waals surface area contributed by atoms with Gasteiger partial charge in [-0.3, -0.25) is 4.79 Å². The largest absolute Gasteiger partial charge is 0.464 e. The Bertz CT molecular complexity index is 304. The lowest BCUT2D eigenvalue weighted by Crippen LogP contribution is -2.37. The van der Waals surface area contributed by atoms with Crippen molar-refractivity contribution in [2.45, 2.75) is 63.8 Å². The van der Waals surface area contributed by atoms with Gasteiger partial charge in [0.2, 0.25) is 5.91 Å². The van der Waals surface area contributed by atoms with E-state index in [2.05, 4.69) is 5.32 Å². The van der Waals surface area contributed by atoms with Crippen molar-refractivity contribution < 1.29 is 19.1 Å². The molecule has 0 aromatic rings. The number of esters is 1. The van der Waals surface area contributed by atoms with Gasteiger partial charge < -0.3 is 14.8 Å². The third kappa shape index (κ3) is 6.94. The number of cyclic esters (lactones) is 1. The van der Waals surface area contributed by atoms with Crippen LogP contribution in [0.3, 0.4) is 0 Å². The summed E-state index contributed by atoms with van der Waals surface area (Å²) in [5, 5.41) is 2.70. The SMILES string of the molecule is O=CCCCCCCCCC(=O)NC1CCOC1=O. The van der Waals surface area contributed by atoms with Crippen molar-refractivity contribution in [1.29, 1.82) is 0 Å². The van der Waals surface area contributed by atoms with Crippen LogP contribution in [0.25, 0.3) is 0 Å². The van der Waals surface area contributed by atoms with Gasteiger partial charge >= 0.3 is 5.97 Å². The highest BCUT2D eigenvalue weighted by Gasteiger charge is 2.27. The Hall–Kier alpha value is -1.39. The number of ether oxygens (including phenoxy) is 1. The minimum atomic E-state index is -0.434. The zero-order valence-electron chi connectivity index (χ0n) is 11.4. The smallest absolute Gasteiger partial charge is 0.328 e. The number of aldehydes is 1. The standard InChI is InChI=1S/C14H23NO4/c16-10-7-5-3-1-2-4-6-8-13(17)15-12-9-11-19-14(12)18/h10,12H,1-9,11H2,(H,15,17). The molecule has 0 aliphatic carbocycles. The van der Waals surface area contributed by atoms with E-state index in [1.54, 1.807) is 0 Å². The molecule has 0 aromatic heterocycles. The van der Waals surface area contributed by atoms with E-state index in [4.69, 9.17) is 4.74 Å². The molecule has 1 amide bonds. The van der Waals surface area contributed by atoms with Crippen molar-refractivity contribution in [3.05, 3.63) is 0 Å². The fourth-order valence-corrected chi connectivity index (χ4v) is 2.11. The minimum Gasteiger partial charge on any atom is -0.464 e. The second-order valence-corrected chi connectivity index (χ2v) is 4.90. The molecular weight excluding hydrogens is 246 g/mol. The van der Waals surface area contributed by atoms with E-state index >= 15 is 0 Å². The van der Waals surface area contributed by atoms with Crippen LogP contribution in [0.5, 0.6) is 0 Å². The number of nitrogens with one attached hydrogen (secondary N) is 1. The molecule has 0 saturated carbocycles. The molecule has 19 heavy (non-hydrogen) atoms. The summed E-state index contributed by atoms with van der Waals surface area (Å²) < 4.78 is 4.78. The number of hydrogen-bond acceptors (Lipinski definition) is 4. The molecule has 0 bridgehead atoms. The van der Waals surface area contributed by atoms with E-state index in [0.29, 0.717) is 25.9 Å². The number of rotatable bonds is 10. The zero-order chi connectivity index (χ0) is 13.9. The Morgan fingerprint density at radius 2 is 1.89 bits per heavy atom. The fraction of sp³-hybridized carbons (Fsp3) is 0.786. The van der Waals surface area contributed by atoms with Crippen LogP contribution in [0.1, 0.15) is 57.8 Å². The van der Waals surface area contributed by atoms with Gasteiger partial charge in [-0.25, -0.2) is 4.79 Å². The molecule has 1 fully saturated rings. The summed E-state index contributed by atoms with van der Waals surface area (Å²) in [5.41, 5.74) is 0. The van der Waals surface area contributed by atoms with E-state index in [-0.39, 0.29) is 11.9 Å². The van der Waals surface area contributed by atoms with Gasteiger partial charge in [0.05, 0.1) is 6.61 Å². The van der Waals surface area contributed by atoms with Crippen molar-refractivity contribution >= 4 is 18.2 Å². The number of amides is 1. The van der Waals surface area contributed by atoms with Crippen LogP contribution in [-0.2, 0) is 19.1 Å². The molecule has 1 aliphatic heterocycles. The van der Waals surface area contributed by atoms with Crippen molar-refractivity contribution in [3.63, 3.8) is 0 Å². The highest BCUT2D eigenvalue weighted by molar-refractivity contribution is 5.85. The molecule has 5 heteroatoms. The molecule has 0 aromatic carbocycles. The van der Waals surface area contributed by atoms with Gasteiger partial charge in [0, 0.05) is 19.3 Å². The molecule has 0 radical (unpaired) electrons. The molecule has 1 heterocycles. The lowest BCUT2D eigenvalue weighted by Gasteiger charge is -2.08. The zero-order valence-corrected chi connectivity index (χ0v) is 11.4. The molecule has 1 unspecified atom stereocenters. The Kier molecular flexibility index (Phi) is 7.86. The molecule has 1 saturated heterocycles. The molecule has 0 spiro atoms. The average Bonchev–Trinajstić information content (AvgIpc) is 2.78. The highest BCUT2D eigenvalue weighted by Crippen LogP contribution is 2.09. The molecule has 5 nitrogen and oxygen atoms in total. The van der Waals surface area contributed by atoms with Crippen molar-refractivity contribution in [1.82, 2.24) is 5.32 Å². The molecule has 1 N–H and O–H groups in total. The van der Waals surface area contributed by atoms with Crippen LogP contribution in [0.2, 0.25) is 0 Å². The first-order chi connectivity index (χ1) is 9.24. The lowest BCUT2D eigenvalue weighted by molar-refractivity contribution is -0.141. The molecule has 1 aliphatic rings. The number of carbonyl (C=O) groups is 3. The van der Waals surface area contributed by atoms with Crippen LogP contribution < -0.4 is 5.32 Å². The summed E-state index contributed by atoms with van der Waals surface area (Å²) in [6.45, 7) is 0.407. The first-order valence-corrected chi connectivity index (χ1v) is 7.13. The Labute approximate surface area is 114 Å². The summed E-state index contributed by atoms with van der Waals surface area (Å²) in [5.74, 6) is -0.381. The first-order valence-electron chi connectivity index (χ1n) is 7.13. The minimum absolute atomic E-state index is 0.0650. The van der Waals surface area contributed by atoms with Gasteiger partial charge in [-0.15, -0.1) is 0 Å². The van der Waals surface area contributed by atoms with Crippen LogP contribution >= 0.6 is 0 Å². The van der Waals surface area contributed by atoms with Crippen molar-refractivity contribution in [2.75, 3.05) is 6.61 Å². The average molecular weight is 269 g/mol. The van der Waals surface area contributed by atoms with E-state index in [0.717, 1.165) is 44.8 Å². The fourth-order valence-electron chi connectivity index (χ4n) is 2.11. The second kappa shape index (κ2) is 9.53. The molecule has 1 atom stereocenters. The van der Waals surface area contributed by atoms with Gasteiger partial charge in [-0.05, 0) is 12.8 Å². The van der Waals surface area contributed by atoms with Gasteiger partial charge in [0.1, 0.15) is 12.3 Å². The summed E-state index contributed by atoms with van der Waals surface area (Å²) in [6.07, 6.45) is 8.79. The predicted octanol–water partition coefficient (Wildman–Crippen LogP) is 1.74. The number of carbonyl (C=O) groups excluding carboxylic acids is 3. The summed E-state index contributed by atoms with van der Waals surface area (Å²) in [6, 6.07) is -0.434. The first kappa shape index (κ1) is 15.7. The van der Waals surface area contributed by atoms with E-state index in [1.165, 1.54) is 0 Å². The maximum absolute atomic E-state index is 11.6. The van der Waals surface area contributed by atoms with Gasteiger partial charge in [0.25, 0.3) is 0 Å². The summed E-state index contributed by atoms with van der Waals surface area (Å²) in [4.78, 5) is 32.8. The number of hydrogen-bond donors (Lipinski definition) is 1. The van der Waals surface area contributed by atoms with Crippen LogP contribution in [0, 0.1) is 0 Å². The molecule has 108 valence electrons.